The highest BCUT2D eigenvalue weighted by atomic mass is 16.6. The second-order valence-corrected chi connectivity index (χ2v) is 6.98. The second kappa shape index (κ2) is 4.80. The van der Waals surface area contributed by atoms with Crippen LogP contribution in [0.4, 0.5) is 0 Å². The van der Waals surface area contributed by atoms with E-state index in [1.54, 1.807) is 7.11 Å². The van der Waals surface area contributed by atoms with E-state index in [1.807, 2.05) is 0 Å². The summed E-state index contributed by atoms with van der Waals surface area (Å²) in [5.41, 5.74) is -0.112. The third-order valence-electron chi connectivity index (χ3n) is 6.24. The fourth-order valence-electron chi connectivity index (χ4n) is 4.58. The zero-order valence-electron chi connectivity index (χ0n) is 12.9. The maximum absolute atomic E-state index is 11.9. The standard InChI is InChI=1S/C16H24O5/c1-9-4-5-13(20-3)16(19)7-12-10(6-15(9,16)2)11(8-17)14(18)21-12/h9,12-13,17,19H,4-8H2,1-3H3/t9-,12+,13+,15+,16-/m0/s1. The van der Waals surface area contributed by atoms with Gasteiger partial charge in [0.2, 0.25) is 0 Å². The van der Waals surface area contributed by atoms with Crippen molar-refractivity contribution < 1.29 is 24.5 Å². The van der Waals surface area contributed by atoms with Gasteiger partial charge in [0.05, 0.1) is 18.3 Å². The summed E-state index contributed by atoms with van der Waals surface area (Å²) < 4.78 is 10.9. The van der Waals surface area contributed by atoms with Gasteiger partial charge in [0.25, 0.3) is 0 Å². The predicted molar refractivity (Wildman–Crippen MR) is 75.5 cm³/mol. The third kappa shape index (κ3) is 1.84. The van der Waals surface area contributed by atoms with Gasteiger partial charge < -0.3 is 19.7 Å². The number of carbonyl (C=O) groups excluding carboxylic acids is 1. The Hall–Kier alpha value is -0.910. The molecule has 0 unspecified atom stereocenters. The number of carbonyl (C=O) groups is 1. The normalized spacial score (nSPS) is 46.1. The SMILES string of the molecule is CO[C@@H]1CC[C@H](C)[C@@]2(C)CC3=C(CO)C(=O)O[C@@H]3C[C@]12O. The summed E-state index contributed by atoms with van der Waals surface area (Å²) in [6.07, 6.45) is 2.08. The Bertz CT molecular complexity index is 499. The second-order valence-electron chi connectivity index (χ2n) is 6.98. The van der Waals surface area contributed by atoms with E-state index in [9.17, 15) is 15.0 Å². The quantitative estimate of drug-likeness (QED) is 0.748. The number of fused-ring (bicyclic) bond motifs is 2. The van der Waals surface area contributed by atoms with Crippen LogP contribution < -0.4 is 0 Å². The summed E-state index contributed by atoms with van der Waals surface area (Å²) in [6.45, 7) is 3.93. The van der Waals surface area contributed by atoms with Gasteiger partial charge in [0.15, 0.2) is 0 Å². The Morgan fingerprint density at radius 3 is 2.76 bits per heavy atom. The monoisotopic (exact) mass is 296 g/mol. The zero-order valence-corrected chi connectivity index (χ0v) is 12.9. The van der Waals surface area contributed by atoms with Crippen LogP contribution in [0.1, 0.15) is 39.5 Å². The van der Waals surface area contributed by atoms with Crippen molar-refractivity contribution in [3.8, 4) is 0 Å². The largest absolute Gasteiger partial charge is 0.454 e. The molecule has 21 heavy (non-hydrogen) atoms. The van der Waals surface area contributed by atoms with Crippen molar-refractivity contribution in [1.29, 1.82) is 0 Å². The van der Waals surface area contributed by atoms with Crippen molar-refractivity contribution in [3.05, 3.63) is 11.1 Å². The van der Waals surface area contributed by atoms with Gasteiger partial charge in [-0.3, -0.25) is 0 Å². The molecule has 1 heterocycles. The number of ether oxygens (including phenoxy) is 2. The van der Waals surface area contributed by atoms with Crippen LogP contribution in [-0.4, -0.2) is 47.7 Å². The van der Waals surface area contributed by atoms with Crippen LogP contribution >= 0.6 is 0 Å². The first-order chi connectivity index (χ1) is 9.87. The molecule has 0 aromatic rings. The van der Waals surface area contributed by atoms with Crippen molar-refractivity contribution in [2.75, 3.05) is 13.7 Å². The first-order valence-corrected chi connectivity index (χ1v) is 7.66. The fraction of sp³-hybridized carbons (Fsp3) is 0.812. The molecule has 3 rings (SSSR count). The molecule has 118 valence electrons. The van der Waals surface area contributed by atoms with Crippen LogP contribution in [-0.2, 0) is 14.3 Å². The molecule has 3 aliphatic rings. The number of rotatable bonds is 2. The molecule has 2 fully saturated rings. The van der Waals surface area contributed by atoms with Gasteiger partial charge >= 0.3 is 5.97 Å². The average Bonchev–Trinajstić information content (AvgIpc) is 2.72. The number of hydrogen-bond acceptors (Lipinski definition) is 5. The highest BCUT2D eigenvalue weighted by Gasteiger charge is 2.63. The minimum absolute atomic E-state index is 0.239. The van der Waals surface area contributed by atoms with Crippen LogP contribution in [0.5, 0.6) is 0 Å². The highest BCUT2D eigenvalue weighted by molar-refractivity contribution is 5.92. The van der Waals surface area contributed by atoms with Gasteiger partial charge in [-0.15, -0.1) is 0 Å². The van der Waals surface area contributed by atoms with Gasteiger partial charge in [0.1, 0.15) is 11.7 Å². The van der Waals surface area contributed by atoms with Gasteiger partial charge in [-0.05, 0) is 30.8 Å². The summed E-state index contributed by atoms with van der Waals surface area (Å²) in [7, 11) is 1.63. The Balaban J connectivity index is 2.05. The minimum Gasteiger partial charge on any atom is -0.454 e. The number of hydrogen-bond donors (Lipinski definition) is 2. The number of esters is 1. The summed E-state index contributed by atoms with van der Waals surface area (Å²) in [5, 5.41) is 20.8. The summed E-state index contributed by atoms with van der Waals surface area (Å²) in [6, 6.07) is 0. The molecular formula is C16H24O5. The highest BCUT2D eigenvalue weighted by Crippen LogP contribution is 2.59. The predicted octanol–water partition coefficient (Wildman–Crippen LogP) is 1.18. The maximum atomic E-state index is 11.9. The Morgan fingerprint density at radius 2 is 2.14 bits per heavy atom. The van der Waals surface area contributed by atoms with Crippen LogP contribution in [0.15, 0.2) is 11.1 Å². The Kier molecular flexibility index (Phi) is 3.43. The van der Waals surface area contributed by atoms with Gasteiger partial charge in [0, 0.05) is 18.9 Å². The molecule has 5 atom stereocenters. The Labute approximate surface area is 124 Å². The van der Waals surface area contributed by atoms with Gasteiger partial charge in [-0.25, -0.2) is 4.79 Å². The van der Waals surface area contributed by atoms with Gasteiger partial charge in [-0.2, -0.15) is 0 Å². The van der Waals surface area contributed by atoms with E-state index in [0.29, 0.717) is 24.3 Å². The van der Waals surface area contributed by atoms with E-state index < -0.39 is 17.7 Å². The molecule has 0 spiro atoms. The summed E-state index contributed by atoms with van der Waals surface area (Å²) in [5.74, 6) is -0.122. The first kappa shape index (κ1) is 15.0. The molecule has 1 aliphatic heterocycles. The fourth-order valence-corrected chi connectivity index (χ4v) is 4.58. The lowest BCUT2D eigenvalue weighted by Crippen LogP contribution is -2.65. The van der Waals surface area contributed by atoms with Crippen molar-refractivity contribution in [1.82, 2.24) is 0 Å². The number of aliphatic hydroxyl groups is 2. The molecule has 0 radical (unpaired) electrons. The molecule has 5 heteroatoms. The van der Waals surface area contributed by atoms with E-state index in [2.05, 4.69) is 13.8 Å². The van der Waals surface area contributed by atoms with Crippen LogP contribution in [0.2, 0.25) is 0 Å². The molecule has 0 bridgehead atoms. The van der Waals surface area contributed by atoms with Crippen molar-refractivity contribution >= 4 is 5.97 Å². The maximum Gasteiger partial charge on any atom is 0.337 e. The first-order valence-electron chi connectivity index (χ1n) is 7.66. The third-order valence-corrected chi connectivity index (χ3v) is 6.24. The summed E-state index contributed by atoms with van der Waals surface area (Å²) in [4.78, 5) is 11.9. The van der Waals surface area contributed by atoms with E-state index in [-0.39, 0.29) is 18.1 Å². The molecule has 2 N–H and O–H groups in total. The molecule has 0 amide bonds. The molecule has 0 saturated heterocycles. The topological polar surface area (TPSA) is 76.0 Å². The number of methoxy groups -OCH3 is 1. The van der Waals surface area contributed by atoms with Crippen LogP contribution in [0.25, 0.3) is 0 Å². The lowest BCUT2D eigenvalue weighted by Gasteiger charge is -2.59. The Morgan fingerprint density at radius 1 is 1.43 bits per heavy atom. The van der Waals surface area contributed by atoms with E-state index in [0.717, 1.165) is 18.4 Å². The molecular weight excluding hydrogens is 272 g/mol. The van der Waals surface area contributed by atoms with Gasteiger partial charge in [-0.1, -0.05) is 13.8 Å². The van der Waals surface area contributed by atoms with Crippen molar-refractivity contribution in [2.24, 2.45) is 11.3 Å². The van der Waals surface area contributed by atoms with Crippen molar-refractivity contribution in [2.45, 2.75) is 57.3 Å². The van der Waals surface area contributed by atoms with E-state index in [1.165, 1.54) is 0 Å². The molecule has 5 nitrogen and oxygen atoms in total. The average molecular weight is 296 g/mol. The summed E-state index contributed by atoms with van der Waals surface area (Å²) >= 11 is 0. The smallest absolute Gasteiger partial charge is 0.337 e. The number of aliphatic hydroxyl groups excluding tert-OH is 1. The van der Waals surface area contributed by atoms with Crippen molar-refractivity contribution in [3.63, 3.8) is 0 Å². The lowest BCUT2D eigenvalue weighted by atomic mass is 9.51. The lowest BCUT2D eigenvalue weighted by molar-refractivity contribution is -0.228. The van der Waals surface area contributed by atoms with Crippen LogP contribution in [0, 0.1) is 11.3 Å². The van der Waals surface area contributed by atoms with E-state index in [4.69, 9.17) is 9.47 Å². The minimum atomic E-state index is -1.00. The molecule has 0 aromatic carbocycles. The van der Waals surface area contributed by atoms with Crippen LogP contribution in [0.3, 0.4) is 0 Å². The molecule has 0 aromatic heterocycles. The molecule has 2 aliphatic carbocycles. The zero-order chi connectivity index (χ0) is 15.4. The van der Waals surface area contributed by atoms with E-state index >= 15 is 0 Å². The molecule has 2 saturated carbocycles.